The third kappa shape index (κ3) is 2.27. The molecule has 0 amide bonds. The van der Waals surface area contributed by atoms with Crippen LogP contribution in [0.2, 0.25) is 0 Å². The summed E-state index contributed by atoms with van der Waals surface area (Å²) in [6.07, 6.45) is 6.22. The first-order valence-corrected chi connectivity index (χ1v) is 6.80. The van der Waals surface area contributed by atoms with Crippen molar-refractivity contribution in [2.45, 2.75) is 47.0 Å². The highest BCUT2D eigenvalue weighted by molar-refractivity contribution is 5.71. The minimum Gasteiger partial charge on any atom is -0.461 e. The average Bonchev–Trinajstić information content (AvgIpc) is 2.79. The highest BCUT2D eigenvalue weighted by atomic mass is 16.5. The van der Waals surface area contributed by atoms with Crippen LogP contribution >= 0.6 is 0 Å². The number of hydrogen-bond donors (Lipinski definition) is 0. The number of rotatable bonds is 3. The van der Waals surface area contributed by atoms with Crippen LogP contribution in [0.1, 0.15) is 47.0 Å². The van der Waals surface area contributed by atoms with Gasteiger partial charge in [0.1, 0.15) is 6.61 Å². The van der Waals surface area contributed by atoms with E-state index in [1.807, 2.05) is 13.8 Å². The van der Waals surface area contributed by atoms with Gasteiger partial charge in [-0.1, -0.05) is 33.3 Å². The van der Waals surface area contributed by atoms with Crippen molar-refractivity contribution in [3.8, 4) is 0 Å². The van der Waals surface area contributed by atoms with E-state index in [9.17, 15) is 4.79 Å². The Morgan fingerprint density at radius 2 is 2.18 bits per heavy atom. The molecule has 0 aromatic rings. The number of carbonyl (C=O) groups is 1. The summed E-state index contributed by atoms with van der Waals surface area (Å²) >= 11 is 0. The van der Waals surface area contributed by atoms with E-state index in [0.29, 0.717) is 12.0 Å². The molecule has 0 spiro atoms. The first-order chi connectivity index (χ1) is 7.93. The van der Waals surface area contributed by atoms with E-state index in [-0.39, 0.29) is 11.9 Å². The highest BCUT2D eigenvalue weighted by Gasteiger charge is 2.48. The zero-order chi connectivity index (χ0) is 12.6. The summed E-state index contributed by atoms with van der Waals surface area (Å²) in [5, 5.41) is 0. The summed E-state index contributed by atoms with van der Waals surface area (Å²) in [5.74, 6) is 1.48. The molecule has 2 fully saturated rings. The van der Waals surface area contributed by atoms with Crippen molar-refractivity contribution in [3.05, 3.63) is 11.6 Å². The molecular formula is C15H24O2. The molecule has 0 N–H and O–H groups in total. The highest BCUT2D eigenvalue weighted by Crippen LogP contribution is 2.58. The van der Waals surface area contributed by atoms with E-state index >= 15 is 0 Å². The molecule has 0 aromatic heterocycles. The van der Waals surface area contributed by atoms with Crippen LogP contribution in [0, 0.1) is 23.2 Å². The fourth-order valence-electron chi connectivity index (χ4n) is 3.49. The SMILES string of the molecule is CC(C)C(=O)OC/C=C1\C2CCC(C2)C1(C)C. The summed E-state index contributed by atoms with van der Waals surface area (Å²) < 4.78 is 5.25. The molecule has 2 heteroatoms. The molecule has 17 heavy (non-hydrogen) atoms. The van der Waals surface area contributed by atoms with Gasteiger partial charge >= 0.3 is 5.97 Å². The van der Waals surface area contributed by atoms with Crippen LogP contribution in [0.3, 0.4) is 0 Å². The van der Waals surface area contributed by atoms with E-state index in [1.165, 1.54) is 24.8 Å². The van der Waals surface area contributed by atoms with Crippen LogP contribution < -0.4 is 0 Å². The summed E-state index contributed by atoms with van der Waals surface area (Å²) in [6.45, 7) is 8.88. The van der Waals surface area contributed by atoms with Crippen molar-refractivity contribution < 1.29 is 9.53 Å². The molecule has 0 radical (unpaired) electrons. The van der Waals surface area contributed by atoms with Crippen molar-refractivity contribution in [1.29, 1.82) is 0 Å². The second kappa shape index (κ2) is 4.47. The predicted octanol–water partition coefficient (Wildman–Crippen LogP) is 3.57. The molecule has 2 rings (SSSR count). The lowest BCUT2D eigenvalue weighted by Gasteiger charge is -2.32. The molecule has 0 aliphatic heterocycles. The molecular weight excluding hydrogens is 212 g/mol. The van der Waals surface area contributed by atoms with Crippen LogP contribution in [0.5, 0.6) is 0 Å². The summed E-state index contributed by atoms with van der Waals surface area (Å²) in [6, 6.07) is 0. The molecule has 2 atom stereocenters. The van der Waals surface area contributed by atoms with Crippen LogP contribution in [-0.4, -0.2) is 12.6 Å². The Morgan fingerprint density at radius 3 is 2.71 bits per heavy atom. The van der Waals surface area contributed by atoms with Crippen LogP contribution in [-0.2, 0) is 9.53 Å². The van der Waals surface area contributed by atoms with Gasteiger partial charge in [0.2, 0.25) is 0 Å². The lowest BCUT2D eigenvalue weighted by Crippen LogP contribution is -2.23. The van der Waals surface area contributed by atoms with E-state index in [4.69, 9.17) is 4.74 Å². The molecule has 96 valence electrons. The van der Waals surface area contributed by atoms with Gasteiger partial charge in [-0.3, -0.25) is 4.79 Å². The second-order valence-corrected chi connectivity index (χ2v) is 6.37. The number of esters is 1. The number of carbonyl (C=O) groups excluding carboxylic acids is 1. The third-order valence-corrected chi connectivity index (χ3v) is 4.64. The number of allylic oxidation sites excluding steroid dienone is 1. The minimum absolute atomic E-state index is 0.0264. The average molecular weight is 236 g/mol. The Labute approximate surface area is 104 Å². The van der Waals surface area contributed by atoms with Crippen LogP contribution in [0.15, 0.2) is 11.6 Å². The Morgan fingerprint density at radius 1 is 1.47 bits per heavy atom. The second-order valence-electron chi connectivity index (χ2n) is 6.37. The predicted molar refractivity (Wildman–Crippen MR) is 68.5 cm³/mol. The summed E-state index contributed by atoms with van der Waals surface area (Å²) in [5.41, 5.74) is 1.86. The maximum Gasteiger partial charge on any atom is 0.308 e. The lowest BCUT2D eigenvalue weighted by atomic mass is 9.73. The monoisotopic (exact) mass is 236 g/mol. The van der Waals surface area contributed by atoms with Gasteiger partial charge < -0.3 is 4.74 Å². The van der Waals surface area contributed by atoms with E-state index in [1.54, 1.807) is 0 Å². The van der Waals surface area contributed by atoms with Gasteiger partial charge in [0.15, 0.2) is 0 Å². The van der Waals surface area contributed by atoms with Crippen molar-refractivity contribution in [3.63, 3.8) is 0 Å². The maximum absolute atomic E-state index is 11.4. The zero-order valence-electron chi connectivity index (χ0n) is 11.5. The van der Waals surface area contributed by atoms with Gasteiger partial charge in [-0.15, -0.1) is 0 Å². The Kier molecular flexibility index (Phi) is 3.33. The van der Waals surface area contributed by atoms with Crippen molar-refractivity contribution in [2.75, 3.05) is 6.61 Å². The first-order valence-electron chi connectivity index (χ1n) is 6.80. The molecule has 0 aromatic carbocycles. The minimum atomic E-state index is -0.0946. The lowest BCUT2D eigenvalue weighted by molar-refractivity contribution is -0.146. The van der Waals surface area contributed by atoms with Crippen LogP contribution in [0.4, 0.5) is 0 Å². The fraction of sp³-hybridized carbons (Fsp3) is 0.800. The molecule has 2 bridgehead atoms. The normalized spacial score (nSPS) is 32.4. The van der Waals surface area contributed by atoms with Gasteiger partial charge in [-0.2, -0.15) is 0 Å². The molecule has 0 saturated heterocycles. The zero-order valence-corrected chi connectivity index (χ0v) is 11.5. The van der Waals surface area contributed by atoms with Crippen LogP contribution in [0.25, 0.3) is 0 Å². The Bertz CT molecular complexity index is 339. The van der Waals surface area contributed by atoms with Crippen molar-refractivity contribution in [2.24, 2.45) is 23.2 Å². The standard InChI is InChI=1S/C15H24O2/c1-10(2)14(16)17-8-7-13-11-5-6-12(9-11)15(13,3)4/h7,10-12H,5-6,8-9H2,1-4H3/b13-7+. The maximum atomic E-state index is 11.4. The van der Waals surface area contributed by atoms with Gasteiger partial charge in [0.25, 0.3) is 0 Å². The van der Waals surface area contributed by atoms with Crippen molar-refractivity contribution in [1.82, 2.24) is 0 Å². The Hall–Kier alpha value is -0.790. The molecule has 2 unspecified atom stereocenters. The van der Waals surface area contributed by atoms with Gasteiger partial charge in [-0.25, -0.2) is 0 Å². The third-order valence-electron chi connectivity index (χ3n) is 4.64. The fourth-order valence-corrected chi connectivity index (χ4v) is 3.49. The van der Waals surface area contributed by atoms with Crippen molar-refractivity contribution >= 4 is 5.97 Å². The molecule has 2 nitrogen and oxygen atoms in total. The Balaban J connectivity index is 1.96. The molecule has 2 saturated carbocycles. The quantitative estimate of drug-likeness (QED) is 0.553. The first kappa shape index (κ1) is 12.7. The van der Waals surface area contributed by atoms with Gasteiger partial charge in [0, 0.05) is 0 Å². The van der Waals surface area contributed by atoms with Gasteiger partial charge in [-0.05, 0) is 42.6 Å². The summed E-state index contributed by atoms with van der Waals surface area (Å²) in [4.78, 5) is 11.4. The number of fused-ring (bicyclic) bond motifs is 2. The number of hydrogen-bond acceptors (Lipinski definition) is 2. The number of ether oxygens (including phenoxy) is 1. The van der Waals surface area contributed by atoms with E-state index in [0.717, 1.165) is 11.8 Å². The molecule has 2 aliphatic carbocycles. The topological polar surface area (TPSA) is 26.3 Å². The van der Waals surface area contributed by atoms with E-state index in [2.05, 4.69) is 19.9 Å². The molecule has 0 heterocycles. The largest absolute Gasteiger partial charge is 0.461 e. The van der Waals surface area contributed by atoms with Gasteiger partial charge in [0.05, 0.1) is 5.92 Å². The summed E-state index contributed by atoms with van der Waals surface area (Å²) in [7, 11) is 0. The smallest absolute Gasteiger partial charge is 0.308 e. The molecule has 2 aliphatic rings. The van der Waals surface area contributed by atoms with E-state index < -0.39 is 0 Å².